The number of esters is 2. The first-order valence-corrected chi connectivity index (χ1v) is 12.0. The van der Waals surface area contributed by atoms with Crippen molar-refractivity contribution in [1.29, 1.82) is 0 Å². The topological polar surface area (TPSA) is 112 Å². The highest BCUT2D eigenvalue weighted by molar-refractivity contribution is 5.80. The second kappa shape index (κ2) is 15.7. The van der Waals surface area contributed by atoms with Crippen molar-refractivity contribution >= 4 is 23.8 Å². The standard InChI is InChI=1S/C24H42N2O8/c1-17(15-19(3)23(29)31-5)21(27)25-7-11-33-13-9-26(10-14-34-12-8-25)22(28)18(2)16-20(4)24(30)32-6/h17-20H,7-16H2,1-6H3. The van der Waals surface area contributed by atoms with Gasteiger partial charge < -0.3 is 28.7 Å². The highest BCUT2D eigenvalue weighted by Gasteiger charge is 2.27. The van der Waals surface area contributed by atoms with Gasteiger partial charge >= 0.3 is 11.9 Å². The molecule has 1 aliphatic heterocycles. The lowest BCUT2D eigenvalue weighted by Crippen LogP contribution is -2.43. The zero-order valence-corrected chi connectivity index (χ0v) is 21.5. The van der Waals surface area contributed by atoms with E-state index in [1.807, 2.05) is 13.8 Å². The number of hydrogen-bond donors (Lipinski definition) is 0. The molecule has 0 aromatic carbocycles. The number of ether oxygens (including phenoxy) is 4. The second-order valence-corrected chi connectivity index (χ2v) is 9.00. The summed E-state index contributed by atoms with van der Waals surface area (Å²) in [6, 6.07) is 0. The van der Waals surface area contributed by atoms with E-state index >= 15 is 0 Å². The first kappa shape index (κ1) is 29.8. The van der Waals surface area contributed by atoms with E-state index in [4.69, 9.17) is 18.9 Å². The molecule has 1 fully saturated rings. The van der Waals surface area contributed by atoms with Gasteiger partial charge in [0.15, 0.2) is 0 Å². The molecule has 34 heavy (non-hydrogen) atoms. The van der Waals surface area contributed by atoms with E-state index in [9.17, 15) is 19.2 Å². The molecule has 4 unspecified atom stereocenters. The fraction of sp³-hybridized carbons (Fsp3) is 0.833. The molecule has 0 aliphatic carbocycles. The summed E-state index contributed by atoms with van der Waals surface area (Å²) in [6.07, 6.45) is 0.821. The molecule has 0 radical (unpaired) electrons. The van der Waals surface area contributed by atoms with E-state index in [0.29, 0.717) is 65.4 Å². The van der Waals surface area contributed by atoms with Crippen molar-refractivity contribution in [2.45, 2.75) is 40.5 Å². The van der Waals surface area contributed by atoms with E-state index in [1.54, 1.807) is 23.6 Å². The molecular weight excluding hydrogens is 444 g/mol. The normalized spacial score (nSPS) is 19.6. The van der Waals surface area contributed by atoms with E-state index in [0.717, 1.165) is 0 Å². The van der Waals surface area contributed by atoms with Crippen molar-refractivity contribution in [2.24, 2.45) is 23.7 Å². The third-order valence-corrected chi connectivity index (χ3v) is 6.11. The maximum Gasteiger partial charge on any atom is 0.308 e. The van der Waals surface area contributed by atoms with E-state index < -0.39 is 0 Å². The van der Waals surface area contributed by atoms with Crippen LogP contribution in [-0.4, -0.2) is 100 Å². The fourth-order valence-electron chi connectivity index (χ4n) is 4.05. The van der Waals surface area contributed by atoms with Gasteiger partial charge in [-0.1, -0.05) is 27.7 Å². The molecule has 0 saturated carbocycles. The Hall–Kier alpha value is -2.20. The van der Waals surface area contributed by atoms with Crippen LogP contribution in [0.4, 0.5) is 0 Å². The largest absolute Gasteiger partial charge is 0.469 e. The van der Waals surface area contributed by atoms with Crippen molar-refractivity contribution in [3.8, 4) is 0 Å². The van der Waals surface area contributed by atoms with Gasteiger partial charge in [-0.05, 0) is 12.8 Å². The molecule has 0 aromatic rings. The number of hydrogen-bond acceptors (Lipinski definition) is 8. The van der Waals surface area contributed by atoms with Gasteiger partial charge in [-0.3, -0.25) is 19.2 Å². The first-order chi connectivity index (χ1) is 16.1. The van der Waals surface area contributed by atoms with Crippen LogP contribution >= 0.6 is 0 Å². The average molecular weight is 487 g/mol. The van der Waals surface area contributed by atoms with Crippen molar-refractivity contribution in [1.82, 2.24) is 9.80 Å². The summed E-state index contributed by atoms with van der Waals surface area (Å²) in [5, 5.41) is 0. The number of carbonyl (C=O) groups is 4. The van der Waals surface area contributed by atoms with Crippen molar-refractivity contribution < 1.29 is 38.1 Å². The maximum absolute atomic E-state index is 12.9. The SMILES string of the molecule is COC(=O)C(C)CC(C)C(=O)N1CCOCCN(C(=O)C(C)CC(C)C(=O)OC)CCOCC1. The zero-order chi connectivity index (χ0) is 25.7. The minimum absolute atomic E-state index is 0.0506. The van der Waals surface area contributed by atoms with Crippen molar-refractivity contribution in [3.05, 3.63) is 0 Å². The number of methoxy groups -OCH3 is 2. The van der Waals surface area contributed by atoms with Gasteiger partial charge in [0, 0.05) is 38.0 Å². The highest BCUT2D eigenvalue weighted by Crippen LogP contribution is 2.17. The summed E-state index contributed by atoms with van der Waals surface area (Å²) in [4.78, 5) is 52.6. The molecule has 0 spiro atoms. The average Bonchev–Trinajstić information content (AvgIpc) is 2.82. The van der Waals surface area contributed by atoms with E-state index in [2.05, 4.69) is 0 Å². The molecule has 196 valence electrons. The number of nitrogens with zero attached hydrogens (tertiary/aromatic N) is 2. The third-order valence-electron chi connectivity index (χ3n) is 6.11. The van der Waals surface area contributed by atoms with E-state index in [1.165, 1.54) is 14.2 Å². The maximum atomic E-state index is 12.9. The predicted molar refractivity (Wildman–Crippen MR) is 125 cm³/mol. The van der Waals surface area contributed by atoms with Crippen molar-refractivity contribution in [2.75, 3.05) is 66.8 Å². The number of carbonyl (C=O) groups excluding carboxylic acids is 4. The summed E-state index contributed by atoms with van der Waals surface area (Å²) in [5.74, 6) is -2.12. The third kappa shape index (κ3) is 9.97. The van der Waals surface area contributed by atoms with Gasteiger partial charge in [-0.15, -0.1) is 0 Å². The van der Waals surface area contributed by atoms with Crippen LogP contribution in [0.2, 0.25) is 0 Å². The number of rotatable bonds is 8. The monoisotopic (exact) mass is 486 g/mol. The molecule has 0 N–H and O–H groups in total. The van der Waals surface area contributed by atoms with Crippen LogP contribution in [0.3, 0.4) is 0 Å². The molecule has 2 amide bonds. The Labute approximate surface area is 203 Å². The van der Waals surface area contributed by atoms with Gasteiger partial charge in [-0.2, -0.15) is 0 Å². The van der Waals surface area contributed by atoms with Crippen LogP contribution in [0.1, 0.15) is 40.5 Å². The van der Waals surface area contributed by atoms with Gasteiger partial charge in [0.2, 0.25) is 11.8 Å². The minimum Gasteiger partial charge on any atom is -0.469 e. The summed E-state index contributed by atoms with van der Waals surface area (Å²) < 4.78 is 21.0. The second-order valence-electron chi connectivity index (χ2n) is 9.00. The molecule has 1 aliphatic rings. The lowest BCUT2D eigenvalue weighted by atomic mass is 9.96. The van der Waals surface area contributed by atoms with Gasteiger partial charge in [0.05, 0.1) is 52.5 Å². The Bertz CT molecular complexity index is 603. The summed E-state index contributed by atoms with van der Waals surface area (Å²) in [6.45, 7) is 10.1. The van der Waals surface area contributed by atoms with Gasteiger partial charge in [0.25, 0.3) is 0 Å². The Balaban J connectivity index is 2.61. The molecular formula is C24H42N2O8. The van der Waals surface area contributed by atoms with Crippen LogP contribution in [-0.2, 0) is 38.1 Å². The van der Waals surface area contributed by atoms with Crippen LogP contribution in [0.5, 0.6) is 0 Å². The van der Waals surface area contributed by atoms with Crippen molar-refractivity contribution in [3.63, 3.8) is 0 Å². The molecule has 1 rings (SSSR count). The molecule has 0 aromatic heterocycles. The molecule has 0 bridgehead atoms. The Morgan fingerprint density at radius 2 is 0.912 bits per heavy atom. The van der Waals surface area contributed by atoms with Gasteiger partial charge in [-0.25, -0.2) is 0 Å². The summed E-state index contributed by atoms with van der Waals surface area (Å²) >= 11 is 0. The Morgan fingerprint density at radius 3 is 1.18 bits per heavy atom. The first-order valence-electron chi connectivity index (χ1n) is 12.0. The van der Waals surface area contributed by atoms with Crippen LogP contribution in [0.25, 0.3) is 0 Å². The van der Waals surface area contributed by atoms with Crippen LogP contribution < -0.4 is 0 Å². The summed E-state index contributed by atoms with van der Waals surface area (Å²) in [5.41, 5.74) is 0. The Morgan fingerprint density at radius 1 is 0.618 bits per heavy atom. The predicted octanol–water partition coefficient (Wildman–Crippen LogP) is 1.36. The van der Waals surface area contributed by atoms with Crippen LogP contribution in [0, 0.1) is 23.7 Å². The fourth-order valence-corrected chi connectivity index (χ4v) is 4.05. The highest BCUT2D eigenvalue weighted by atomic mass is 16.5. The smallest absolute Gasteiger partial charge is 0.308 e. The quantitative estimate of drug-likeness (QED) is 0.473. The lowest BCUT2D eigenvalue weighted by molar-refractivity contribution is -0.147. The molecule has 4 atom stereocenters. The van der Waals surface area contributed by atoms with Crippen LogP contribution in [0.15, 0.2) is 0 Å². The molecule has 1 saturated heterocycles. The molecule has 10 heteroatoms. The minimum atomic E-state index is -0.356. The molecule has 1 heterocycles. The summed E-state index contributed by atoms with van der Waals surface area (Å²) in [7, 11) is 2.68. The van der Waals surface area contributed by atoms with Gasteiger partial charge in [0.1, 0.15) is 0 Å². The zero-order valence-electron chi connectivity index (χ0n) is 21.5. The number of amides is 2. The molecule has 10 nitrogen and oxygen atoms in total. The Kier molecular flexibility index (Phi) is 13.7. The lowest BCUT2D eigenvalue weighted by Gasteiger charge is -2.29. The van der Waals surface area contributed by atoms with E-state index in [-0.39, 0.29) is 47.4 Å².